The molecule has 0 unspecified atom stereocenters. The molecule has 0 bridgehead atoms. The van der Waals surface area contributed by atoms with Gasteiger partial charge in [-0.1, -0.05) is 0 Å². The van der Waals surface area contributed by atoms with E-state index < -0.39 is 11.7 Å². The molecule has 35 heavy (non-hydrogen) atoms. The summed E-state index contributed by atoms with van der Waals surface area (Å²) in [4.78, 5) is 34.7. The van der Waals surface area contributed by atoms with Crippen LogP contribution in [0.4, 0.5) is 31.9 Å². The number of alkyl halides is 2. The fourth-order valence-corrected chi connectivity index (χ4v) is 4.17. The number of anilines is 4. The van der Waals surface area contributed by atoms with E-state index >= 15 is 0 Å². The smallest absolute Gasteiger partial charge is 0.303 e. The van der Waals surface area contributed by atoms with Crippen LogP contribution in [-0.2, 0) is 15.5 Å². The van der Waals surface area contributed by atoms with E-state index in [-0.39, 0.29) is 23.0 Å². The Morgan fingerprint density at radius 2 is 1.97 bits per heavy atom. The molecule has 2 aliphatic rings. The molecule has 3 aromatic rings. The van der Waals surface area contributed by atoms with Gasteiger partial charge in [-0.2, -0.15) is 8.78 Å². The quantitative estimate of drug-likeness (QED) is 0.545. The fourth-order valence-electron chi connectivity index (χ4n) is 4.17. The van der Waals surface area contributed by atoms with Gasteiger partial charge in [-0.25, -0.2) is 19.9 Å². The number of aromatic nitrogens is 5. The summed E-state index contributed by atoms with van der Waals surface area (Å²) in [5.74, 6) is -2.87. The Kier molecular flexibility index (Phi) is 5.75. The second-order valence-electron chi connectivity index (χ2n) is 9.00. The van der Waals surface area contributed by atoms with E-state index in [0.29, 0.717) is 16.9 Å². The Balaban J connectivity index is 1.44. The predicted octanol–water partition coefficient (Wildman–Crippen LogP) is 3.37. The lowest BCUT2D eigenvalue weighted by Gasteiger charge is -2.37. The molecule has 0 aliphatic carbocycles. The molecule has 1 spiro atoms. The van der Waals surface area contributed by atoms with E-state index in [1.54, 1.807) is 18.5 Å². The van der Waals surface area contributed by atoms with Crippen molar-refractivity contribution in [1.82, 2.24) is 24.9 Å². The highest BCUT2D eigenvalue weighted by Crippen LogP contribution is 2.39. The highest BCUT2D eigenvalue weighted by Gasteiger charge is 2.44. The number of nitrogens with zero attached hydrogens (tertiary/aromatic N) is 6. The molecule has 0 atom stereocenters. The van der Waals surface area contributed by atoms with Gasteiger partial charge in [0.05, 0.1) is 37.0 Å². The van der Waals surface area contributed by atoms with Crippen LogP contribution in [0.2, 0.25) is 0 Å². The van der Waals surface area contributed by atoms with Crippen LogP contribution in [0.5, 0.6) is 0 Å². The Morgan fingerprint density at radius 3 is 2.60 bits per heavy atom. The highest BCUT2D eigenvalue weighted by molar-refractivity contribution is 5.89. The van der Waals surface area contributed by atoms with Crippen molar-refractivity contribution in [3.63, 3.8) is 0 Å². The van der Waals surface area contributed by atoms with Gasteiger partial charge in [0.15, 0.2) is 0 Å². The molecule has 10 nitrogen and oxygen atoms in total. The minimum Gasteiger partial charge on any atom is -0.380 e. The molecule has 5 rings (SSSR count). The first-order valence-corrected chi connectivity index (χ1v) is 11.1. The molecule has 3 aromatic heterocycles. The molecule has 1 amide bonds. The van der Waals surface area contributed by atoms with Gasteiger partial charge < -0.3 is 20.3 Å². The lowest BCUT2D eigenvalue weighted by Crippen LogP contribution is -2.44. The lowest BCUT2D eigenvalue weighted by atomic mass is 9.85. The van der Waals surface area contributed by atoms with Crippen LogP contribution in [0.25, 0.3) is 11.3 Å². The number of amides is 1. The molecule has 12 heteroatoms. The maximum atomic E-state index is 13.7. The monoisotopic (exact) mass is 482 g/mol. The molecule has 0 aromatic carbocycles. The molecule has 2 saturated heterocycles. The fraction of sp³-hybridized carbons (Fsp3) is 0.391. The average molecular weight is 482 g/mol. The van der Waals surface area contributed by atoms with Gasteiger partial charge in [-0.3, -0.25) is 9.78 Å². The van der Waals surface area contributed by atoms with Crippen LogP contribution < -0.4 is 15.5 Å². The molecule has 5 heterocycles. The summed E-state index contributed by atoms with van der Waals surface area (Å²) in [5.41, 5.74) is 1.77. The Bertz CT molecular complexity index is 1250. The minimum atomic E-state index is -3.19. The van der Waals surface area contributed by atoms with Gasteiger partial charge in [-0.05, 0) is 12.5 Å². The Hall–Kier alpha value is -3.80. The van der Waals surface area contributed by atoms with E-state index in [1.807, 2.05) is 0 Å². The predicted molar refractivity (Wildman–Crippen MR) is 125 cm³/mol. The van der Waals surface area contributed by atoms with Crippen LogP contribution in [0.15, 0.2) is 36.9 Å². The second kappa shape index (κ2) is 8.77. The maximum Gasteiger partial charge on any atom is 0.303 e. The number of carbonyl (C=O) groups excluding carboxylic acids is 1. The van der Waals surface area contributed by atoms with Crippen molar-refractivity contribution >= 4 is 29.0 Å². The summed E-state index contributed by atoms with van der Waals surface area (Å²) in [6, 6.07) is 3.05. The SMILES string of the molecule is CC(=O)Nc1cc(Nc2ccnc(C(C)(F)F)n2)c(-c2cnc(N3CCC4(COC4)C3)cn2)cn1. The number of ether oxygens (including phenoxy) is 1. The number of halogens is 2. The van der Waals surface area contributed by atoms with Crippen molar-refractivity contribution in [3.8, 4) is 11.3 Å². The Labute approximate surface area is 200 Å². The van der Waals surface area contributed by atoms with E-state index in [1.165, 1.54) is 25.4 Å². The zero-order chi connectivity index (χ0) is 24.6. The molecule has 0 saturated carbocycles. The van der Waals surface area contributed by atoms with Crippen molar-refractivity contribution in [2.24, 2.45) is 5.41 Å². The molecule has 2 N–H and O–H groups in total. The zero-order valence-corrected chi connectivity index (χ0v) is 19.3. The van der Waals surface area contributed by atoms with Gasteiger partial charge in [0, 0.05) is 56.4 Å². The maximum absolute atomic E-state index is 13.7. The van der Waals surface area contributed by atoms with E-state index in [0.717, 1.165) is 45.5 Å². The molecule has 2 fully saturated rings. The van der Waals surface area contributed by atoms with Crippen molar-refractivity contribution in [3.05, 3.63) is 42.7 Å². The largest absolute Gasteiger partial charge is 0.380 e. The van der Waals surface area contributed by atoms with Crippen molar-refractivity contribution < 1.29 is 18.3 Å². The zero-order valence-electron chi connectivity index (χ0n) is 19.3. The highest BCUT2D eigenvalue weighted by atomic mass is 19.3. The van der Waals surface area contributed by atoms with Crippen molar-refractivity contribution in [2.75, 3.05) is 41.8 Å². The first-order valence-electron chi connectivity index (χ1n) is 11.1. The molecular formula is C23H24F2N8O2. The van der Waals surface area contributed by atoms with Crippen molar-refractivity contribution in [2.45, 2.75) is 26.2 Å². The van der Waals surface area contributed by atoms with Crippen LogP contribution >= 0.6 is 0 Å². The normalized spacial score (nSPS) is 16.7. The van der Waals surface area contributed by atoms with E-state index in [2.05, 4.69) is 40.5 Å². The van der Waals surface area contributed by atoms with Gasteiger partial charge in [0.1, 0.15) is 17.5 Å². The summed E-state index contributed by atoms with van der Waals surface area (Å²) in [6.07, 6.45) is 7.20. The first-order chi connectivity index (χ1) is 16.7. The topological polar surface area (TPSA) is 118 Å². The van der Waals surface area contributed by atoms with Gasteiger partial charge in [0.2, 0.25) is 11.7 Å². The number of hydrogen-bond donors (Lipinski definition) is 2. The number of hydrogen-bond acceptors (Lipinski definition) is 9. The number of rotatable bonds is 6. The van der Waals surface area contributed by atoms with Crippen LogP contribution in [0.1, 0.15) is 26.1 Å². The summed E-state index contributed by atoms with van der Waals surface area (Å²) >= 11 is 0. The third-order valence-electron chi connectivity index (χ3n) is 6.01. The van der Waals surface area contributed by atoms with E-state index in [4.69, 9.17) is 4.74 Å². The number of pyridine rings is 1. The average Bonchev–Trinajstić information content (AvgIpc) is 3.25. The van der Waals surface area contributed by atoms with Gasteiger partial charge >= 0.3 is 5.92 Å². The third kappa shape index (κ3) is 4.87. The van der Waals surface area contributed by atoms with Crippen LogP contribution in [0, 0.1) is 5.41 Å². The lowest BCUT2D eigenvalue weighted by molar-refractivity contribution is -0.114. The second-order valence-corrected chi connectivity index (χ2v) is 9.00. The molecular weight excluding hydrogens is 458 g/mol. The van der Waals surface area contributed by atoms with Crippen LogP contribution in [-0.4, -0.2) is 57.1 Å². The van der Waals surface area contributed by atoms with Gasteiger partial charge in [-0.15, -0.1) is 0 Å². The molecule has 182 valence electrons. The summed E-state index contributed by atoms with van der Waals surface area (Å²) in [6.45, 7) is 5.45. The van der Waals surface area contributed by atoms with Crippen molar-refractivity contribution in [1.29, 1.82) is 0 Å². The van der Waals surface area contributed by atoms with Crippen LogP contribution in [0.3, 0.4) is 0 Å². The van der Waals surface area contributed by atoms with Gasteiger partial charge in [0.25, 0.3) is 0 Å². The number of nitrogens with one attached hydrogen (secondary N) is 2. The Morgan fingerprint density at radius 1 is 1.14 bits per heavy atom. The molecule has 2 aliphatic heterocycles. The summed E-state index contributed by atoms with van der Waals surface area (Å²) < 4.78 is 32.8. The number of carbonyl (C=O) groups is 1. The van der Waals surface area contributed by atoms with E-state index in [9.17, 15) is 13.6 Å². The summed E-state index contributed by atoms with van der Waals surface area (Å²) in [7, 11) is 0. The first kappa shape index (κ1) is 23.0. The molecule has 0 radical (unpaired) electrons. The summed E-state index contributed by atoms with van der Waals surface area (Å²) in [5, 5.41) is 5.64. The minimum absolute atomic E-state index is 0.160. The standard InChI is InChI=1S/C23H24F2N8O2/c1-14(34)30-19-7-16(31-18-3-5-26-21(32-18)22(2,24)25)15(8-28-19)17-9-29-20(10-27-17)33-6-4-23(11-33)12-35-13-23/h3,5,7-10H,4,6,11-13H2,1-2H3,(H2,26,28,30,31,32,34). The third-order valence-corrected chi connectivity index (χ3v) is 6.01.